The molecule has 138 valence electrons. The van der Waals surface area contributed by atoms with E-state index < -0.39 is 0 Å². The lowest BCUT2D eigenvalue weighted by atomic mass is 10.1. The summed E-state index contributed by atoms with van der Waals surface area (Å²) in [5.74, 6) is -0.680. The van der Waals surface area contributed by atoms with E-state index in [4.69, 9.17) is 16.3 Å². The molecule has 0 saturated carbocycles. The fourth-order valence-electron chi connectivity index (χ4n) is 2.50. The number of rotatable bonds is 4. The van der Waals surface area contributed by atoms with Gasteiger partial charge < -0.3 is 9.64 Å². The number of nitrogens with one attached hydrogen (secondary N) is 2. The summed E-state index contributed by atoms with van der Waals surface area (Å²) in [6.07, 6.45) is 0.151. The summed E-state index contributed by atoms with van der Waals surface area (Å²) < 4.78 is 5.33. The van der Waals surface area contributed by atoms with Crippen molar-refractivity contribution >= 4 is 39.9 Å². The first kappa shape index (κ1) is 18.6. The second-order valence-electron chi connectivity index (χ2n) is 5.82. The van der Waals surface area contributed by atoms with E-state index in [1.807, 2.05) is 0 Å². The topological polar surface area (TPSA) is 83.6 Å². The number of thiazole rings is 1. The van der Waals surface area contributed by atoms with Crippen molar-refractivity contribution in [1.29, 1.82) is 0 Å². The summed E-state index contributed by atoms with van der Waals surface area (Å²) in [5.41, 5.74) is 6.33. The molecule has 2 heterocycles. The molecule has 1 aliphatic rings. The number of nitrogens with zero attached hydrogens (tertiary/aromatic N) is 2. The molecule has 0 spiro atoms. The Labute approximate surface area is 160 Å². The van der Waals surface area contributed by atoms with Gasteiger partial charge in [0.25, 0.3) is 5.91 Å². The average molecular weight is 395 g/mol. The molecule has 2 amide bonds. The van der Waals surface area contributed by atoms with Crippen LogP contribution in [0.25, 0.3) is 0 Å². The molecule has 0 aliphatic carbocycles. The molecule has 0 bridgehead atoms. The lowest BCUT2D eigenvalue weighted by Crippen LogP contribution is -2.42. The van der Waals surface area contributed by atoms with Gasteiger partial charge in [0.15, 0.2) is 5.13 Å². The fraction of sp³-hybridized carbons (Fsp3) is 0.353. The lowest BCUT2D eigenvalue weighted by molar-refractivity contribution is -0.121. The predicted octanol–water partition coefficient (Wildman–Crippen LogP) is 1.95. The van der Waals surface area contributed by atoms with Crippen molar-refractivity contribution in [2.45, 2.75) is 13.3 Å². The summed E-state index contributed by atoms with van der Waals surface area (Å²) in [6.45, 7) is 4.60. The molecule has 1 saturated heterocycles. The van der Waals surface area contributed by atoms with Gasteiger partial charge in [-0.2, -0.15) is 0 Å². The maximum absolute atomic E-state index is 12.3. The Balaban J connectivity index is 1.55. The molecule has 1 aromatic heterocycles. The first-order valence-electron chi connectivity index (χ1n) is 8.16. The summed E-state index contributed by atoms with van der Waals surface area (Å²) in [6, 6.07) is 6.98. The molecule has 1 fully saturated rings. The Kier molecular flexibility index (Phi) is 6.08. The van der Waals surface area contributed by atoms with E-state index in [0.29, 0.717) is 28.8 Å². The van der Waals surface area contributed by atoms with Gasteiger partial charge in [0, 0.05) is 18.1 Å². The van der Waals surface area contributed by atoms with Gasteiger partial charge >= 0.3 is 0 Å². The van der Waals surface area contributed by atoms with Crippen LogP contribution in [0.15, 0.2) is 24.3 Å². The Hall–Kier alpha value is -2.16. The quantitative estimate of drug-likeness (QED) is 0.774. The number of anilines is 1. The smallest absolute Gasteiger partial charge is 0.281 e. The molecule has 0 unspecified atom stereocenters. The van der Waals surface area contributed by atoms with Gasteiger partial charge in [0.1, 0.15) is 4.88 Å². The zero-order valence-corrected chi connectivity index (χ0v) is 15.8. The van der Waals surface area contributed by atoms with Crippen molar-refractivity contribution in [1.82, 2.24) is 15.8 Å². The number of halogens is 1. The SMILES string of the molecule is Cc1nc(N2CCOCC2)sc1C(=O)NNC(=O)Cc1ccc(Cl)cc1. The highest BCUT2D eigenvalue weighted by molar-refractivity contribution is 7.17. The minimum Gasteiger partial charge on any atom is -0.378 e. The van der Waals surface area contributed by atoms with Crippen molar-refractivity contribution in [2.24, 2.45) is 0 Å². The maximum Gasteiger partial charge on any atom is 0.281 e. The van der Waals surface area contributed by atoms with Crippen LogP contribution in [0, 0.1) is 6.92 Å². The van der Waals surface area contributed by atoms with Gasteiger partial charge in [0.2, 0.25) is 5.91 Å². The Morgan fingerprint density at radius 2 is 1.92 bits per heavy atom. The summed E-state index contributed by atoms with van der Waals surface area (Å²) >= 11 is 7.13. The van der Waals surface area contributed by atoms with Crippen LogP contribution >= 0.6 is 22.9 Å². The number of carbonyl (C=O) groups is 2. The summed E-state index contributed by atoms with van der Waals surface area (Å²) in [7, 11) is 0. The Morgan fingerprint density at radius 1 is 1.23 bits per heavy atom. The first-order chi connectivity index (χ1) is 12.5. The zero-order valence-electron chi connectivity index (χ0n) is 14.3. The molecule has 0 atom stereocenters. The van der Waals surface area contributed by atoms with Crippen LogP contribution in [0.1, 0.15) is 20.9 Å². The number of ether oxygens (including phenoxy) is 1. The predicted molar refractivity (Wildman–Crippen MR) is 101 cm³/mol. The molecule has 1 aromatic carbocycles. The number of benzene rings is 1. The monoisotopic (exact) mass is 394 g/mol. The normalized spacial score (nSPS) is 14.2. The molecule has 9 heteroatoms. The number of hydrazine groups is 1. The molecule has 7 nitrogen and oxygen atoms in total. The van der Waals surface area contributed by atoms with Crippen molar-refractivity contribution in [3.05, 3.63) is 45.4 Å². The number of hydrogen-bond donors (Lipinski definition) is 2. The Morgan fingerprint density at radius 3 is 2.62 bits per heavy atom. The van der Waals surface area contributed by atoms with Crippen LogP contribution in [0.5, 0.6) is 0 Å². The van der Waals surface area contributed by atoms with Crippen molar-refractivity contribution in [3.8, 4) is 0 Å². The molecule has 1 aliphatic heterocycles. The largest absolute Gasteiger partial charge is 0.378 e. The van der Waals surface area contributed by atoms with Gasteiger partial charge in [-0.1, -0.05) is 35.1 Å². The van der Waals surface area contributed by atoms with Crippen LogP contribution in [0.3, 0.4) is 0 Å². The van der Waals surface area contributed by atoms with Gasteiger partial charge in [-0.25, -0.2) is 4.98 Å². The van der Waals surface area contributed by atoms with E-state index in [9.17, 15) is 9.59 Å². The van der Waals surface area contributed by atoms with Gasteiger partial charge in [-0.05, 0) is 24.6 Å². The second kappa shape index (κ2) is 8.48. The van der Waals surface area contributed by atoms with Gasteiger partial charge in [-0.15, -0.1) is 0 Å². The minimum atomic E-state index is -0.371. The van der Waals surface area contributed by atoms with Crippen LogP contribution in [-0.4, -0.2) is 43.1 Å². The number of carbonyl (C=O) groups excluding carboxylic acids is 2. The molecule has 26 heavy (non-hydrogen) atoms. The van der Waals surface area contributed by atoms with Crippen LogP contribution < -0.4 is 15.8 Å². The van der Waals surface area contributed by atoms with Crippen molar-refractivity contribution in [3.63, 3.8) is 0 Å². The van der Waals surface area contributed by atoms with E-state index in [1.165, 1.54) is 11.3 Å². The molecule has 2 aromatic rings. The second-order valence-corrected chi connectivity index (χ2v) is 7.23. The first-order valence-corrected chi connectivity index (χ1v) is 9.36. The third-order valence-corrected chi connectivity index (χ3v) is 5.34. The van der Waals surface area contributed by atoms with E-state index in [0.717, 1.165) is 23.8 Å². The average Bonchev–Trinajstić information content (AvgIpc) is 3.04. The zero-order chi connectivity index (χ0) is 18.5. The van der Waals surface area contributed by atoms with Crippen LogP contribution in [-0.2, 0) is 16.0 Å². The number of aryl methyl sites for hydroxylation is 1. The van der Waals surface area contributed by atoms with Crippen LogP contribution in [0.4, 0.5) is 5.13 Å². The van der Waals surface area contributed by atoms with Gasteiger partial charge in [-0.3, -0.25) is 20.4 Å². The van der Waals surface area contributed by atoms with E-state index in [-0.39, 0.29) is 18.2 Å². The number of morpholine rings is 1. The van der Waals surface area contributed by atoms with E-state index in [1.54, 1.807) is 31.2 Å². The number of hydrogen-bond acceptors (Lipinski definition) is 6. The summed E-state index contributed by atoms with van der Waals surface area (Å²) in [4.78, 5) is 31.4. The van der Waals surface area contributed by atoms with E-state index >= 15 is 0 Å². The van der Waals surface area contributed by atoms with Crippen molar-refractivity contribution in [2.75, 3.05) is 31.2 Å². The maximum atomic E-state index is 12.3. The standard InChI is InChI=1S/C17H19ClN4O3S/c1-11-15(26-17(19-11)22-6-8-25-9-7-22)16(24)21-20-14(23)10-12-2-4-13(18)5-3-12/h2-5H,6-10H2,1H3,(H,20,23)(H,21,24). The van der Waals surface area contributed by atoms with E-state index in [2.05, 4.69) is 20.7 Å². The number of amides is 2. The third-order valence-electron chi connectivity index (χ3n) is 3.87. The molecule has 0 radical (unpaired) electrons. The van der Waals surface area contributed by atoms with Crippen LogP contribution in [0.2, 0.25) is 5.02 Å². The third kappa shape index (κ3) is 4.72. The number of aromatic nitrogens is 1. The van der Waals surface area contributed by atoms with Crippen molar-refractivity contribution < 1.29 is 14.3 Å². The molecule has 3 rings (SSSR count). The minimum absolute atomic E-state index is 0.151. The highest BCUT2D eigenvalue weighted by Crippen LogP contribution is 2.26. The summed E-state index contributed by atoms with van der Waals surface area (Å²) in [5, 5.41) is 1.41. The highest BCUT2D eigenvalue weighted by atomic mass is 35.5. The fourth-order valence-corrected chi connectivity index (χ4v) is 3.64. The lowest BCUT2D eigenvalue weighted by Gasteiger charge is -2.25. The Bertz CT molecular complexity index is 788. The molecule has 2 N–H and O–H groups in total. The molecular weight excluding hydrogens is 376 g/mol. The molecular formula is C17H19ClN4O3S. The highest BCUT2D eigenvalue weighted by Gasteiger charge is 2.20. The van der Waals surface area contributed by atoms with Gasteiger partial charge in [0.05, 0.1) is 25.3 Å².